The molecule has 2 aromatic carbocycles. The van der Waals surface area contributed by atoms with Gasteiger partial charge in [0.25, 0.3) is 0 Å². The highest BCUT2D eigenvalue weighted by Gasteiger charge is 2.42. The first kappa shape index (κ1) is 16.8. The summed E-state index contributed by atoms with van der Waals surface area (Å²) < 4.78 is 19.1. The molecule has 2 aromatic rings. The molecule has 0 N–H and O–H groups in total. The summed E-state index contributed by atoms with van der Waals surface area (Å²) in [5, 5.41) is 0. The lowest BCUT2D eigenvalue weighted by atomic mass is 9.91. The lowest BCUT2D eigenvalue weighted by Crippen LogP contribution is -2.46. The molecule has 0 amide bonds. The normalized spacial score (nSPS) is 24.6. The maximum Gasteiger partial charge on any atom is 0.170 e. The van der Waals surface area contributed by atoms with Gasteiger partial charge in [-0.2, -0.15) is 0 Å². The highest BCUT2D eigenvalue weighted by Crippen LogP contribution is 2.43. The van der Waals surface area contributed by atoms with Crippen LogP contribution in [0.1, 0.15) is 35.6 Å². The average molecular weight is 416 g/mol. The van der Waals surface area contributed by atoms with Gasteiger partial charge in [0, 0.05) is 36.0 Å². The zero-order valence-electron chi connectivity index (χ0n) is 14.6. The van der Waals surface area contributed by atoms with E-state index in [0.717, 1.165) is 49.4 Å². The molecule has 4 nitrogen and oxygen atoms in total. The standard InChI is InChI=1S/C21H22BrNO3/c22-16-5-6-19-18(13-16)20(17-4-2-1-3-15(17)14-24-19)23-9-7-21(8-10-23)25-11-12-26-21/h1-6,13,20H,7-12,14H2. The Hall–Kier alpha value is -1.40. The van der Waals surface area contributed by atoms with E-state index in [1.165, 1.54) is 16.7 Å². The number of benzene rings is 2. The molecule has 3 heterocycles. The van der Waals surface area contributed by atoms with Crippen LogP contribution >= 0.6 is 15.9 Å². The third-order valence-corrected chi connectivity index (χ3v) is 6.23. The van der Waals surface area contributed by atoms with E-state index in [0.29, 0.717) is 6.61 Å². The Morgan fingerprint density at radius 1 is 0.962 bits per heavy atom. The zero-order chi connectivity index (χ0) is 17.6. The Balaban J connectivity index is 1.54. The molecule has 5 rings (SSSR count). The summed E-state index contributed by atoms with van der Waals surface area (Å²) in [6.45, 7) is 3.95. The Bertz CT molecular complexity index is 809. The lowest BCUT2D eigenvalue weighted by Gasteiger charge is -2.41. The summed E-state index contributed by atoms with van der Waals surface area (Å²) >= 11 is 3.64. The smallest absolute Gasteiger partial charge is 0.170 e. The van der Waals surface area contributed by atoms with E-state index in [2.05, 4.69) is 63.3 Å². The molecule has 2 fully saturated rings. The predicted octanol–water partition coefficient (Wildman–Crippen LogP) is 4.27. The molecule has 1 unspecified atom stereocenters. The first-order chi connectivity index (χ1) is 12.7. The van der Waals surface area contributed by atoms with E-state index in [4.69, 9.17) is 14.2 Å². The van der Waals surface area contributed by atoms with Crippen LogP contribution in [0.4, 0.5) is 0 Å². The minimum atomic E-state index is -0.350. The Morgan fingerprint density at radius 2 is 1.73 bits per heavy atom. The topological polar surface area (TPSA) is 30.9 Å². The van der Waals surface area contributed by atoms with Crippen molar-refractivity contribution in [1.82, 2.24) is 4.90 Å². The van der Waals surface area contributed by atoms with Gasteiger partial charge in [-0.1, -0.05) is 40.2 Å². The Kier molecular flexibility index (Phi) is 4.28. The van der Waals surface area contributed by atoms with Crippen LogP contribution in [-0.2, 0) is 16.1 Å². The third-order valence-electron chi connectivity index (χ3n) is 5.74. The van der Waals surface area contributed by atoms with Gasteiger partial charge < -0.3 is 14.2 Å². The van der Waals surface area contributed by atoms with Crippen LogP contribution in [-0.4, -0.2) is 37.0 Å². The monoisotopic (exact) mass is 415 g/mol. The molecule has 136 valence electrons. The maximum atomic E-state index is 6.15. The van der Waals surface area contributed by atoms with E-state index in [-0.39, 0.29) is 11.8 Å². The van der Waals surface area contributed by atoms with E-state index >= 15 is 0 Å². The fourth-order valence-corrected chi connectivity index (χ4v) is 4.80. The fraction of sp³-hybridized carbons (Fsp3) is 0.429. The molecule has 0 aliphatic carbocycles. The molecule has 0 radical (unpaired) electrons. The number of nitrogens with zero attached hydrogens (tertiary/aromatic N) is 1. The van der Waals surface area contributed by atoms with Gasteiger partial charge >= 0.3 is 0 Å². The van der Waals surface area contributed by atoms with Crippen molar-refractivity contribution in [2.24, 2.45) is 0 Å². The summed E-state index contributed by atoms with van der Waals surface area (Å²) in [5.74, 6) is 0.625. The molecule has 3 aliphatic heterocycles. The second kappa shape index (κ2) is 6.64. The molecule has 1 atom stereocenters. The average Bonchev–Trinajstić information content (AvgIpc) is 3.05. The van der Waals surface area contributed by atoms with Crippen LogP contribution in [0.15, 0.2) is 46.9 Å². The van der Waals surface area contributed by atoms with E-state index in [1.54, 1.807) is 0 Å². The van der Waals surface area contributed by atoms with Crippen LogP contribution < -0.4 is 4.74 Å². The van der Waals surface area contributed by atoms with Crippen molar-refractivity contribution in [1.29, 1.82) is 0 Å². The maximum absolute atomic E-state index is 6.15. The van der Waals surface area contributed by atoms with Gasteiger partial charge in [0.15, 0.2) is 5.79 Å². The van der Waals surface area contributed by atoms with Crippen LogP contribution in [0, 0.1) is 0 Å². The van der Waals surface area contributed by atoms with Gasteiger partial charge in [-0.15, -0.1) is 0 Å². The van der Waals surface area contributed by atoms with Crippen LogP contribution in [0.25, 0.3) is 0 Å². The van der Waals surface area contributed by atoms with Gasteiger partial charge in [0.2, 0.25) is 0 Å². The summed E-state index contributed by atoms with van der Waals surface area (Å²) in [7, 11) is 0. The first-order valence-corrected chi connectivity index (χ1v) is 10.1. The van der Waals surface area contributed by atoms with Gasteiger partial charge in [0.1, 0.15) is 12.4 Å². The first-order valence-electron chi connectivity index (χ1n) is 9.26. The molecular formula is C21H22BrNO3. The quantitative estimate of drug-likeness (QED) is 0.695. The lowest BCUT2D eigenvalue weighted by molar-refractivity contribution is -0.187. The van der Waals surface area contributed by atoms with Crippen molar-refractivity contribution in [2.75, 3.05) is 26.3 Å². The number of likely N-dealkylation sites (tertiary alicyclic amines) is 1. The second-order valence-electron chi connectivity index (χ2n) is 7.22. The summed E-state index contributed by atoms with van der Waals surface area (Å²) in [4.78, 5) is 2.55. The van der Waals surface area contributed by atoms with E-state index in [9.17, 15) is 0 Å². The minimum Gasteiger partial charge on any atom is -0.489 e. The van der Waals surface area contributed by atoms with Gasteiger partial charge in [-0.25, -0.2) is 0 Å². The van der Waals surface area contributed by atoms with Crippen molar-refractivity contribution < 1.29 is 14.2 Å². The molecule has 0 bridgehead atoms. The SMILES string of the molecule is Brc1ccc2c(c1)C(N1CCC3(CC1)OCCO3)c1ccccc1CO2. The number of fused-ring (bicyclic) bond motifs is 2. The van der Waals surface area contributed by atoms with Crippen molar-refractivity contribution in [2.45, 2.75) is 31.3 Å². The van der Waals surface area contributed by atoms with Crippen LogP contribution in [0.2, 0.25) is 0 Å². The third kappa shape index (κ3) is 2.87. The van der Waals surface area contributed by atoms with Crippen molar-refractivity contribution in [3.05, 3.63) is 63.6 Å². The van der Waals surface area contributed by atoms with Crippen LogP contribution in [0.5, 0.6) is 5.75 Å². The molecule has 26 heavy (non-hydrogen) atoms. The summed E-state index contributed by atoms with van der Waals surface area (Å²) in [6, 6.07) is 15.2. The minimum absolute atomic E-state index is 0.194. The summed E-state index contributed by atoms with van der Waals surface area (Å²) in [6.07, 6.45) is 1.83. The highest BCUT2D eigenvalue weighted by atomic mass is 79.9. The molecule has 2 saturated heterocycles. The molecule has 3 aliphatic rings. The van der Waals surface area contributed by atoms with Crippen molar-refractivity contribution in [3.8, 4) is 5.75 Å². The fourth-order valence-electron chi connectivity index (χ4n) is 4.42. The molecule has 0 aromatic heterocycles. The number of hydrogen-bond acceptors (Lipinski definition) is 4. The summed E-state index contributed by atoms with van der Waals surface area (Å²) in [5.41, 5.74) is 3.83. The number of ether oxygens (including phenoxy) is 3. The van der Waals surface area contributed by atoms with Gasteiger partial charge in [-0.3, -0.25) is 4.90 Å². The molecule has 1 spiro atoms. The number of hydrogen-bond donors (Lipinski definition) is 0. The molecule has 0 saturated carbocycles. The highest BCUT2D eigenvalue weighted by molar-refractivity contribution is 9.10. The molecular weight excluding hydrogens is 394 g/mol. The van der Waals surface area contributed by atoms with Crippen molar-refractivity contribution in [3.63, 3.8) is 0 Å². The van der Waals surface area contributed by atoms with Crippen molar-refractivity contribution >= 4 is 15.9 Å². The Labute approximate surface area is 162 Å². The largest absolute Gasteiger partial charge is 0.489 e. The van der Waals surface area contributed by atoms with Crippen LogP contribution in [0.3, 0.4) is 0 Å². The van der Waals surface area contributed by atoms with E-state index in [1.807, 2.05) is 0 Å². The Morgan fingerprint density at radius 3 is 2.54 bits per heavy atom. The predicted molar refractivity (Wildman–Crippen MR) is 102 cm³/mol. The second-order valence-corrected chi connectivity index (χ2v) is 8.13. The van der Waals surface area contributed by atoms with E-state index < -0.39 is 0 Å². The van der Waals surface area contributed by atoms with Gasteiger partial charge in [0.05, 0.1) is 19.3 Å². The number of piperidine rings is 1. The zero-order valence-corrected chi connectivity index (χ0v) is 16.2. The molecule has 5 heteroatoms. The van der Waals surface area contributed by atoms with Gasteiger partial charge in [-0.05, 0) is 29.3 Å². The number of halogens is 1. The number of rotatable bonds is 1.